The third kappa shape index (κ3) is 3.06. The lowest BCUT2D eigenvalue weighted by Gasteiger charge is -2.08. The van der Waals surface area contributed by atoms with Crippen molar-refractivity contribution in [3.63, 3.8) is 0 Å². The molecule has 0 aliphatic rings. The van der Waals surface area contributed by atoms with Crippen LogP contribution in [0, 0.1) is 0 Å². The van der Waals surface area contributed by atoms with E-state index in [1.165, 1.54) is 20.1 Å². The number of carbonyl (C=O) groups excluding carboxylic acids is 2. The van der Waals surface area contributed by atoms with Crippen LogP contribution in [0.15, 0.2) is 18.2 Å². The number of hydrogen-bond acceptors (Lipinski definition) is 4. The van der Waals surface area contributed by atoms with E-state index in [1.54, 1.807) is 12.1 Å². The van der Waals surface area contributed by atoms with Crippen molar-refractivity contribution >= 4 is 27.7 Å². The van der Waals surface area contributed by atoms with Crippen molar-refractivity contribution in [3.05, 3.63) is 23.8 Å². The van der Waals surface area contributed by atoms with Gasteiger partial charge in [0, 0.05) is 12.5 Å². The molecule has 0 amide bonds. The van der Waals surface area contributed by atoms with Crippen LogP contribution in [0.3, 0.4) is 0 Å². The highest BCUT2D eigenvalue weighted by Gasteiger charge is 2.11. The number of ketones is 1. The summed E-state index contributed by atoms with van der Waals surface area (Å²) < 4.78 is 9.95. The molecule has 0 spiro atoms. The first-order chi connectivity index (χ1) is 7.58. The molecule has 5 heteroatoms. The Kier molecular flexibility index (Phi) is 4.49. The molecule has 86 valence electrons. The first-order valence-corrected chi connectivity index (χ1v) is 5.66. The number of benzene rings is 1. The quantitative estimate of drug-likeness (QED) is 0.369. The van der Waals surface area contributed by atoms with E-state index in [9.17, 15) is 9.59 Å². The van der Waals surface area contributed by atoms with Gasteiger partial charge in [-0.25, -0.2) is 0 Å². The maximum Gasteiger partial charge on any atom is 0.308 e. The molecule has 0 unspecified atom stereocenters. The van der Waals surface area contributed by atoms with Gasteiger partial charge in [0.1, 0.15) is 0 Å². The fourth-order valence-electron chi connectivity index (χ4n) is 1.16. The number of hydrogen-bond donors (Lipinski definition) is 0. The fourth-order valence-corrected chi connectivity index (χ4v) is 1.49. The summed E-state index contributed by atoms with van der Waals surface area (Å²) in [5, 5.41) is 0.221. The standard InChI is InChI=1S/C11H11BrO4/c1-7(13)16-11-5-8(9(14)6-12)3-4-10(11)15-2/h3-5H,6H2,1-2H3. The predicted molar refractivity (Wildman–Crippen MR) is 62.4 cm³/mol. The number of rotatable bonds is 4. The minimum absolute atomic E-state index is 0.0870. The molecule has 16 heavy (non-hydrogen) atoms. The Hall–Kier alpha value is -1.36. The Morgan fingerprint density at radius 2 is 2.00 bits per heavy atom. The summed E-state index contributed by atoms with van der Waals surface area (Å²) in [6.45, 7) is 1.29. The summed E-state index contributed by atoms with van der Waals surface area (Å²) in [6.07, 6.45) is 0. The molecule has 1 aromatic carbocycles. The number of esters is 1. The zero-order valence-electron chi connectivity index (χ0n) is 8.95. The largest absolute Gasteiger partial charge is 0.493 e. The van der Waals surface area contributed by atoms with Crippen molar-refractivity contribution in [2.24, 2.45) is 0 Å². The Morgan fingerprint density at radius 3 is 2.50 bits per heavy atom. The molecule has 0 N–H and O–H groups in total. The van der Waals surface area contributed by atoms with Crippen LogP contribution in [0.25, 0.3) is 0 Å². The highest BCUT2D eigenvalue weighted by molar-refractivity contribution is 9.09. The summed E-state index contributed by atoms with van der Waals surface area (Å²) in [4.78, 5) is 22.3. The van der Waals surface area contributed by atoms with Gasteiger partial charge in [0.15, 0.2) is 17.3 Å². The average Bonchev–Trinajstić information content (AvgIpc) is 2.27. The van der Waals surface area contributed by atoms with E-state index in [0.717, 1.165) is 0 Å². The van der Waals surface area contributed by atoms with Gasteiger partial charge in [-0.15, -0.1) is 0 Å². The van der Waals surface area contributed by atoms with Crippen molar-refractivity contribution in [2.75, 3.05) is 12.4 Å². The van der Waals surface area contributed by atoms with Crippen molar-refractivity contribution < 1.29 is 19.1 Å². The third-order valence-electron chi connectivity index (χ3n) is 1.86. The Balaban J connectivity index is 3.10. The van der Waals surface area contributed by atoms with Gasteiger partial charge in [0.2, 0.25) is 0 Å². The Labute approximate surface area is 102 Å². The van der Waals surface area contributed by atoms with Gasteiger partial charge in [-0.3, -0.25) is 9.59 Å². The molecular formula is C11H11BrO4. The van der Waals surface area contributed by atoms with Gasteiger partial charge in [-0.2, -0.15) is 0 Å². The normalized spacial score (nSPS) is 9.69. The van der Waals surface area contributed by atoms with E-state index >= 15 is 0 Å². The average molecular weight is 287 g/mol. The van der Waals surface area contributed by atoms with Crippen molar-refractivity contribution in [1.29, 1.82) is 0 Å². The zero-order valence-corrected chi connectivity index (χ0v) is 10.5. The number of Topliss-reactive ketones (excluding diaryl/α,β-unsaturated/α-hetero) is 1. The fraction of sp³-hybridized carbons (Fsp3) is 0.273. The molecule has 4 nitrogen and oxygen atoms in total. The maximum absolute atomic E-state index is 11.4. The van der Waals surface area contributed by atoms with Gasteiger partial charge < -0.3 is 9.47 Å². The molecule has 0 saturated heterocycles. The number of ether oxygens (including phenoxy) is 2. The first kappa shape index (κ1) is 12.7. The van der Waals surface area contributed by atoms with Crippen LogP contribution < -0.4 is 9.47 Å². The highest BCUT2D eigenvalue weighted by Crippen LogP contribution is 2.28. The molecule has 0 aliphatic heterocycles. The lowest BCUT2D eigenvalue weighted by Crippen LogP contribution is -2.06. The van der Waals surface area contributed by atoms with Crippen LogP contribution in [0.1, 0.15) is 17.3 Å². The second-order valence-electron chi connectivity index (χ2n) is 3.02. The van der Waals surface area contributed by atoms with Gasteiger partial charge >= 0.3 is 5.97 Å². The maximum atomic E-state index is 11.4. The molecule has 1 rings (SSSR count). The van der Waals surface area contributed by atoms with E-state index in [-0.39, 0.29) is 16.9 Å². The van der Waals surface area contributed by atoms with E-state index in [0.29, 0.717) is 11.3 Å². The summed E-state index contributed by atoms with van der Waals surface area (Å²) in [5.74, 6) is 0.126. The van der Waals surface area contributed by atoms with Crippen molar-refractivity contribution in [1.82, 2.24) is 0 Å². The number of carbonyl (C=O) groups is 2. The molecule has 0 heterocycles. The predicted octanol–water partition coefficient (Wildman–Crippen LogP) is 2.20. The topological polar surface area (TPSA) is 52.6 Å². The summed E-state index contributed by atoms with van der Waals surface area (Å²) in [7, 11) is 1.47. The highest BCUT2D eigenvalue weighted by atomic mass is 79.9. The number of methoxy groups -OCH3 is 1. The van der Waals surface area contributed by atoms with Crippen LogP contribution in [0.5, 0.6) is 11.5 Å². The summed E-state index contributed by atoms with van der Waals surface area (Å²) in [6, 6.07) is 4.70. The first-order valence-electron chi connectivity index (χ1n) is 4.54. The van der Waals surface area contributed by atoms with Gasteiger partial charge in [0.05, 0.1) is 12.4 Å². The summed E-state index contributed by atoms with van der Waals surface area (Å²) in [5.41, 5.74) is 0.467. The number of alkyl halides is 1. The van der Waals surface area contributed by atoms with Crippen LogP contribution in [-0.4, -0.2) is 24.2 Å². The zero-order chi connectivity index (χ0) is 12.1. The number of halogens is 1. The monoisotopic (exact) mass is 286 g/mol. The van der Waals surface area contributed by atoms with Gasteiger partial charge in [-0.05, 0) is 18.2 Å². The van der Waals surface area contributed by atoms with Crippen molar-refractivity contribution in [3.8, 4) is 11.5 Å². The third-order valence-corrected chi connectivity index (χ3v) is 2.37. The Bertz CT molecular complexity index is 414. The van der Waals surface area contributed by atoms with Crippen LogP contribution in [0.2, 0.25) is 0 Å². The minimum Gasteiger partial charge on any atom is -0.493 e. The van der Waals surface area contributed by atoms with Gasteiger partial charge in [0.25, 0.3) is 0 Å². The van der Waals surface area contributed by atoms with Crippen molar-refractivity contribution in [2.45, 2.75) is 6.92 Å². The molecule has 0 atom stereocenters. The smallest absolute Gasteiger partial charge is 0.308 e. The summed E-state index contributed by atoms with van der Waals surface area (Å²) >= 11 is 3.07. The SMILES string of the molecule is COc1ccc(C(=O)CBr)cc1OC(C)=O. The molecule has 0 bridgehead atoms. The minimum atomic E-state index is -0.457. The van der Waals surface area contributed by atoms with Crippen LogP contribution in [-0.2, 0) is 4.79 Å². The Morgan fingerprint density at radius 1 is 1.31 bits per heavy atom. The van der Waals surface area contributed by atoms with E-state index in [2.05, 4.69) is 15.9 Å². The molecule has 0 saturated carbocycles. The van der Waals surface area contributed by atoms with Gasteiger partial charge in [-0.1, -0.05) is 15.9 Å². The van der Waals surface area contributed by atoms with Crippen LogP contribution >= 0.6 is 15.9 Å². The molecule has 0 aliphatic carbocycles. The van der Waals surface area contributed by atoms with E-state index in [4.69, 9.17) is 9.47 Å². The van der Waals surface area contributed by atoms with E-state index < -0.39 is 5.97 Å². The second-order valence-corrected chi connectivity index (χ2v) is 3.58. The lowest BCUT2D eigenvalue weighted by molar-refractivity contribution is -0.132. The second kappa shape index (κ2) is 5.65. The molecule has 0 fully saturated rings. The molecular weight excluding hydrogens is 276 g/mol. The molecule has 0 aromatic heterocycles. The van der Waals surface area contributed by atoms with Crippen LogP contribution in [0.4, 0.5) is 0 Å². The lowest BCUT2D eigenvalue weighted by atomic mass is 10.1. The molecule has 1 aromatic rings. The van der Waals surface area contributed by atoms with E-state index in [1.807, 2.05) is 0 Å². The molecule has 0 radical (unpaired) electrons.